The second-order valence-corrected chi connectivity index (χ2v) is 8.25. The Kier molecular flexibility index (Phi) is 6.88. The maximum atomic E-state index is 5.93. The molecule has 0 aliphatic heterocycles. The molecular weight excluding hydrogens is 454 g/mol. The molecule has 5 rings (SSSR count). The Bertz CT molecular complexity index is 1440. The van der Waals surface area contributed by atoms with Crippen molar-refractivity contribution in [1.82, 2.24) is 29.5 Å². The van der Waals surface area contributed by atoms with E-state index in [4.69, 9.17) is 9.47 Å². The van der Waals surface area contributed by atoms with E-state index in [0.717, 1.165) is 58.6 Å². The predicted molar refractivity (Wildman–Crippen MR) is 138 cm³/mol. The predicted octanol–water partition coefficient (Wildman–Crippen LogP) is 5.26. The molecule has 0 fully saturated rings. The number of aryl methyl sites for hydroxylation is 2. The standard InChI is InChI=1S/C27H27N7O2/c1-19-17-34(18-30-19)12-5-13-36-23-9-4-7-21(15-23)31-27-28-11-10-24(33-27)25-16-29-26(32-25)20-6-3-8-22(14-20)35-2/h3-4,6-11,14-18H,5,12-13H2,1-2H3,(H,29,32)(H,28,31,33). The van der Waals surface area contributed by atoms with Crippen molar-refractivity contribution in [3.05, 3.63) is 85.2 Å². The lowest BCUT2D eigenvalue weighted by molar-refractivity contribution is 0.302. The van der Waals surface area contributed by atoms with Gasteiger partial charge in [0.25, 0.3) is 0 Å². The summed E-state index contributed by atoms with van der Waals surface area (Å²) >= 11 is 0. The maximum Gasteiger partial charge on any atom is 0.227 e. The molecule has 9 nitrogen and oxygen atoms in total. The number of methoxy groups -OCH3 is 1. The average molecular weight is 482 g/mol. The highest BCUT2D eigenvalue weighted by Gasteiger charge is 2.09. The van der Waals surface area contributed by atoms with E-state index in [9.17, 15) is 0 Å². The van der Waals surface area contributed by atoms with E-state index in [-0.39, 0.29) is 0 Å². The van der Waals surface area contributed by atoms with Crippen molar-refractivity contribution in [2.75, 3.05) is 19.0 Å². The van der Waals surface area contributed by atoms with Crippen molar-refractivity contribution in [2.45, 2.75) is 19.9 Å². The van der Waals surface area contributed by atoms with E-state index < -0.39 is 0 Å². The van der Waals surface area contributed by atoms with Crippen LogP contribution in [-0.2, 0) is 6.54 Å². The van der Waals surface area contributed by atoms with Gasteiger partial charge in [0, 0.05) is 36.3 Å². The minimum atomic E-state index is 0.484. The molecule has 0 aliphatic carbocycles. The summed E-state index contributed by atoms with van der Waals surface area (Å²) in [4.78, 5) is 21.1. The molecule has 0 aliphatic rings. The van der Waals surface area contributed by atoms with E-state index in [1.165, 1.54) is 0 Å². The lowest BCUT2D eigenvalue weighted by Crippen LogP contribution is -2.03. The van der Waals surface area contributed by atoms with Gasteiger partial charge in [-0.3, -0.25) is 0 Å². The summed E-state index contributed by atoms with van der Waals surface area (Å²) in [5.74, 6) is 2.79. The first-order valence-electron chi connectivity index (χ1n) is 11.7. The molecule has 0 atom stereocenters. The monoisotopic (exact) mass is 481 g/mol. The van der Waals surface area contributed by atoms with Crippen molar-refractivity contribution in [3.63, 3.8) is 0 Å². The minimum absolute atomic E-state index is 0.484. The van der Waals surface area contributed by atoms with E-state index in [1.54, 1.807) is 19.5 Å². The van der Waals surface area contributed by atoms with Gasteiger partial charge in [-0.1, -0.05) is 18.2 Å². The van der Waals surface area contributed by atoms with E-state index >= 15 is 0 Å². The zero-order chi connectivity index (χ0) is 24.7. The topological polar surface area (TPSA) is 103 Å². The van der Waals surface area contributed by atoms with Gasteiger partial charge >= 0.3 is 0 Å². The number of aromatic nitrogens is 6. The number of rotatable bonds is 10. The van der Waals surface area contributed by atoms with Gasteiger partial charge in [0.15, 0.2) is 0 Å². The SMILES string of the molecule is COc1cccc(-c2ncc(-c3ccnc(Nc4cccc(OCCCn5cnc(C)c5)c4)n3)[nH]2)c1. The van der Waals surface area contributed by atoms with Crippen LogP contribution in [0.1, 0.15) is 12.1 Å². The fourth-order valence-electron chi connectivity index (χ4n) is 3.76. The van der Waals surface area contributed by atoms with Crippen LogP contribution >= 0.6 is 0 Å². The molecule has 0 saturated carbocycles. The van der Waals surface area contributed by atoms with Crippen molar-refractivity contribution < 1.29 is 9.47 Å². The van der Waals surface area contributed by atoms with E-state index in [2.05, 4.69) is 34.8 Å². The molecule has 3 heterocycles. The molecule has 0 spiro atoms. The third-order valence-electron chi connectivity index (χ3n) is 5.53. The van der Waals surface area contributed by atoms with Crippen LogP contribution in [0.2, 0.25) is 0 Å². The zero-order valence-corrected chi connectivity index (χ0v) is 20.2. The Hall–Kier alpha value is -4.66. The number of nitrogens with one attached hydrogen (secondary N) is 2. The van der Waals surface area contributed by atoms with Crippen LogP contribution in [0.15, 0.2) is 79.5 Å². The Labute approximate surface area is 209 Å². The van der Waals surface area contributed by atoms with Gasteiger partial charge in [0.05, 0.1) is 43.3 Å². The van der Waals surface area contributed by atoms with Gasteiger partial charge in [0.2, 0.25) is 5.95 Å². The molecule has 2 aromatic carbocycles. The summed E-state index contributed by atoms with van der Waals surface area (Å²) in [7, 11) is 1.65. The maximum absolute atomic E-state index is 5.93. The molecule has 2 N–H and O–H groups in total. The van der Waals surface area contributed by atoms with Gasteiger partial charge < -0.3 is 24.3 Å². The fraction of sp³-hybridized carbons (Fsp3) is 0.185. The lowest BCUT2D eigenvalue weighted by Gasteiger charge is -2.10. The number of imidazole rings is 2. The molecule has 9 heteroatoms. The summed E-state index contributed by atoms with van der Waals surface area (Å²) in [6.07, 6.45) is 8.24. The van der Waals surface area contributed by atoms with Crippen molar-refractivity contribution >= 4 is 11.6 Å². The summed E-state index contributed by atoms with van der Waals surface area (Å²) in [6.45, 7) is 3.47. The molecule has 3 aromatic heterocycles. The quantitative estimate of drug-likeness (QED) is 0.262. The van der Waals surface area contributed by atoms with Crippen molar-refractivity contribution in [1.29, 1.82) is 0 Å². The molecule has 0 bridgehead atoms. The summed E-state index contributed by atoms with van der Waals surface area (Å²) in [5.41, 5.74) is 4.33. The zero-order valence-electron chi connectivity index (χ0n) is 20.2. The first-order chi connectivity index (χ1) is 17.7. The van der Waals surface area contributed by atoms with Crippen LogP contribution in [0, 0.1) is 6.92 Å². The van der Waals surface area contributed by atoms with E-state index in [1.807, 2.05) is 74.0 Å². The number of anilines is 2. The molecule has 36 heavy (non-hydrogen) atoms. The number of benzene rings is 2. The van der Waals surface area contributed by atoms with Crippen molar-refractivity contribution in [3.8, 4) is 34.3 Å². The minimum Gasteiger partial charge on any atom is -0.497 e. The molecule has 0 radical (unpaired) electrons. The van der Waals surface area contributed by atoms with Gasteiger partial charge in [0.1, 0.15) is 17.3 Å². The average Bonchev–Trinajstić information content (AvgIpc) is 3.57. The summed E-state index contributed by atoms with van der Waals surface area (Å²) in [6, 6.07) is 17.4. The second-order valence-electron chi connectivity index (χ2n) is 8.25. The Morgan fingerprint density at radius 2 is 1.89 bits per heavy atom. The number of aromatic amines is 1. The molecule has 0 amide bonds. The smallest absolute Gasteiger partial charge is 0.227 e. The normalized spacial score (nSPS) is 10.8. The number of hydrogen-bond acceptors (Lipinski definition) is 7. The summed E-state index contributed by atoms with van der Waals surface area (Å²) < 4.78 is 13.3. The molecule has 182 valence electrons. The van der Waals surface area contributed by atoms with Crippen molar-refractivity contribution in [2.24, 2.45) is 0 Å². The highest BCUT2D eigenvalue weighted by atomic mass is 16.5. The largest absolute Gasteiger partial charge is 0.497 e. The van der Waals surface area contributed by atoms with Gasteiger partial charge in [-0.05, 0) is 43.7 Å². The van der Waals surface area contributed by atoms with Crippen LogP contribution in [0.4, 0.5) is 11.6 Å². The molecular formula is C27H27N7O2. The molecule has 5 aromatic rings. The van der Waals surface area contributed by atoms with E-state index in [0.29, 0.717) is 12.6 Å². The lowest BCUT2D eigenvalue weighted by atomic mass is 10.2. The molecule has 0 saturated heterocycles. The Morgan fingerprint density at radius 1 is 1.00 bits per heavy atom. The van der Waals surface area contributed by atoms with Gasteiger partial charge in [-0.2, -0.15) is 0 Å². The third-order valence-corrected chi connectivity index (χ3v) is 5.53. The second kappa shape index (κ2) is 10.7. The Balaban J connectivity index is 1.22. The number of H-pyrrole nitrogens is 1. The van der Waals surface area contributed by atoms with Crippen LogP contribution in [0.25, 0.3) is 22.8 Å². The number of hydrogen-bond donors (Lipinski definition) is 2. The van der Waals surface area contributed by atoms with Gasteiger partial charge in [-0.15, -0.1) is 0 Å². The highest BCUT2D eigenvalue weighted by molar-refractivity contribution is 5.64. The highest BCUT2D eigenvalue weighted by Crippen LogP contribution is 2.25. The van der Waals surface area contributed by atoms with Crippen LogP contribution in [-0.4, -0.2) is 43.2 Å². The first kappa shape index (κ1) is 23.1. The number of ether oxygens (including phenoxy) is 2. The summed E-state index contributed by atoms with van der Waals surface area (Å²) in [5, 5.41) is 3.26. The third kappa shape index (κ3) is 5.69. The van der Waals surface area contributed by atoms with Gasteiger partial charge in [-0.25, -0.2) is 19.9 Å². The van der Waals surface area contributed by atoms with Crippen LogP contribution in [0.5, 0.6) is 11.5 Å². The van der Waals surface area contributed by atoms with Crippen LogP contribution in [0.3, 0.4) is 0 Å². The first-order valence-corrected chi connectivity index (χ1v) is 11.7. The fourth-order valence-corrected chi connectivity index (χ4v) is 3.76. The molecule has 0 unspecified atom stereocenters. The number of nitrogens with zero attached hydrogens (tertiary/aromatic N) is 5. The van der Waals surface area contributed by atoms with Crippen LogP contribution < -0.4 is 14.8 Å². The Morgan fingerprint density at radius 3 is 2.75 bits per heavy atom.